The van der Waals surface area contributed by atoms with E-state index in [1.165, 1.54) is 51.4 Å². The summed E-state index contributed by atoms with van der Waals surface area (Å²) >= 11 is 0. The fourth-order valence-electron chi connectivity index (χ4n) is 5.90. The van der Waals surface area contributed by atoms with Crippen LogP contribution in [0.2, 0.25) is 0 Å². The first kappa shape index (κ1) is 19.9. The molecule has 2 saturated carbocycles. The Bertz CT molecular complexity index is 475. The summed E-state index contributed by atoms with van der Waals surface area (Å²) in [5.41, 5.74) is 0. The van der Waals surface area contributed by atoms with Crippen LogP contribution >= 0.6 is 0 Å². The van der Waals surface area contributed by atoms with E-state index in [0.717, 1.165) is 31.1 Å². The molecule has 148 valence electrons. The van der Waals surface area contributed by atoms with Crippen molar-refractivity contribution in [3.05, 3.63) is 12.7 Å². The molecule has 3 heteroatoms. The third-order valence-corrected chi connectivity index (χ3v) is 7.05. The van der Waals surface area contributed by atoms with E-state index in [4.69, 9.17) is 4.74 Å². The van der Waals surface area contributed by atoms with Gasteiger partial charge in [0.05, 0.1) is 12.2 Å². The third-order valence-electron chi connectivity index (χ3n) is 7.05. The number of ether oxygens (including phenoxy) is 1. The minimum Gasteiger partial charge on any atom is -0.375 e. The van der Waals surface area contributed by atoms with Crippen LogP contribution in [0.1, 0.15) is 84.5 Å². The zero-order valence-corrected chi connectivity index (χ0v) is 16.9. The van der Waals surface area contributed by atoms with Crippen LogP contribution in [-0.2, 0) is 9.53 Å². The fourth-order valence-corrected chi connectivity index (χ4v) is 5.90. The summed E-state index contributed by atoms with van der Waals surface area (Å²) in [4.78, 5) is 11.8. The molecule has 1 aliphatic heterocycles. The van der Waals surface area contributed by atoms with Gasteiger partial charge in [0.25, 0.3) is 0 Å². The van der Waals surface area contributed by atoms with Gasteiger partial charge in [-0.1, -0.05) is 31.8 Å². The number of hydrogen-bond acceptors (Lipinski definition) is 2. The van der Waals surface area contributed by atoms with Crippen molar-refractivity contribution in [2.45, 2.75) is 103 Å². The Morgan fingerprint density at radius 2 is 1.92 bits per heavy atom. The molecule has 3 rings (SSSR count). The topological polar surface area (TPSA) is 38.3 Å². The molecule has 0 radical (unpaired) electrons. The summed E-state index contributed by atoms with van der Waals surface area (Å²) < 4.78 is 6.50. The molecule has 1 heterocycles. The van der Waals surface area contributed by atoms with Crippen molar-refractivity contribution in [3.63, 3.8) is 0 Å². The maximum absolute atomic E-state index is 11.8. The van der Waals surface area contributed by atoms with Gasteiger partial charge in [-0.15, -0.1) is 6.58 Å². The second-order valence-corrected chi connectivity index (χ2v) is 9.36. The Hall–Kier alpha value is -0.830. The minimum atomic E-state index is 0.273. The van der Waals surface area contributed by atoms with Crippen LogP contribution in [0.15, 0.2) is 12.7 Å². The molecule has 26 heavy (non-hydrogen) atoms. The standard InChI is InChI=1S/C23H39NO2/c1-4-8-17-9-6-5-7-10-22(26-16(2)3)20(13-17)18-11-12-21-19(14-18)15-23(25)24-21/h4,16-22H,1,5-15H2,2-3H3,(H,24,25)/t17?,18?,19-,20?,21?,22?/m0/s1. The monoisotopic (exact) mass is 361 g/mol. The normalized spacial score (nSPS) is 38.8. The molecule has 6 atom stereocenters. The molecule has 3 nitrogen and oxygen atoms in total. The van der Waals surface area contributed by atoms with Gasteiger partial charge in [-0.3, -0.25) is 4.79 Å². The molecule has 1 amide bonds. The largest absolute Gasteiger partial charge is 0.375 e. The number of nitrogens with one attached hydrogen (secondary N) is 1. The van der Waals surface area contributed by atoms with Gasteiger partial charge in [0.15, 0.2) is 0 Å². The molecule has 0 aromatic heterocycles. The predicted molar refractivity (Wildman–Crippen MR) is 107 cm³/mol. The Morgan fingerprint density at radius 3 is 2.69 bits per heavy atom. The summed E-state index contributed by atoms with van der Waals surface area (Å²) in [5, 5.41) is 3.20. The Morgan fingerprint density at radius 1 is 1.12 bits per heavy atom. The van der Waals surface area contributed by atoms with Gasteiger partial charge in [-0.05, 0) is 76.0 Å². The molecule has 5 unspecified atom stereocenters. The lowest BCUT2D eigenvalue weighted by molar-refractivity contribution is -0.119. The predicted octanol–water partition coefficient (Wildman–Crippen LogP) is 5.25. The van der Waals surface area contributed by atoms with E-state index >= 15 is 0 Å². The molecule has 0 aromatic rings. The summed E-state index contributed by atoms with van der Waals surface area (Å²) in [6, 6.07) is 0.448. The molecule has 0 aromatic carbocycles. The van der Waals surface area contributed by atoms with Gasteiger partial charge in [-0.25, -0.2) is 0 Å². The first-order chi connectivity index (χ1) is 12.6. The average molecular weight is 362 g/mol. The van der Waals surface area contributed by atoms with Crippen molar-refractivity contribution >= 4 is 5.91 Å². The van der Waals surface area contributed by atoms with Crippen LogP contribution in [0, 0.1) is 23.7 Å². The van der Waals surface area contributed by atoms with Crippen LogP contribution in [0.5, 0.6) is 0 Å². The molecule has 0 spiro atoms. The highest BCUT2D eigenvalue weighted by Gasteiger charge is 2.42. The van der Waals surface area contributed by atoms with Gasteiger partial charge < -0.3 is 10.1 Å². The van der Waals surface area contributed by atoms with Crippen LogP contribution in [0.4, 0.5) is 0 Å². The summed E-state index contributed by atoms with van der Waals surface area (Å²) in [6.07, 6.45) is 16.2. The molecule has 1 saturated heterocycles. The number of carbonyl (C=O) groups excluding carboxylic acids is 1. The smallest absolute Gasteiger partial charge is 0.220 e. The summed E-state index contributed by atoms with van der Waals surface area (Å²) in [5.74, 6) is 2.96. The molecule has 1 N–H and O–H groups in total. The lowest BCUT2D eigenvalue weighted by Gasteiger charge is -2.41. The van der Waals surface area contributed by atoms with Gasteiger partial charge in [0.1, 0.15) is 0 Å². The zero-order valence-electron chi connectivity index (χ0n) is 16.9. The van der Waals surface area contributed by atoms with Crippen molar-refractivity contribution in [1.82, 2.24) is 5.32 Å². The molecular weight excluding hydrogens is 322 g/mol. The van der Waals surface area contributed by atoms with E-state index in [0.29, 0.717) is 30.1 Å². The molecule has 3 aliphatic rings. The highest BCUT2D eigenvalue weighted by molar-refractivity contribution is 5.79. The van der Waals surface area contributed by atoms with E-state index < -0.39 is 0 Å². The lowest BCUT2D eigenvalue weighted by Crippen LogP contribution is -2.40. The lowest BCUT2D eigenvalue weighted by atomic mass is 9.68. The molecule has 0 bridgehead atoms. The summed E-state index contributed by atoms with van der Waals surface area (Å²) in [7, 11) is 0. The van der Waals surface area contributed by atoms with E-state index in [2.05, 4.69) is 31.8 Å². The van der Waals surface area contributed by atoms with Crippen molar-refractivity contribution in [2.24, 2.45) is 23.7 Å². The van der Waals surface area contributed by atoms with E-state index in [9.17, 15) is 4.79 Å². The zero-order chi connectivity index (χ0) is 18.5. The van der Waals surface area contributed by atoms with Crippen LogP contribution in [0.3, 0.4) is 0 Å². The number of allylic oxidation sites excluding steroid dienone is 1. The number of rotatable bonds is 5. The van der Waals surface area contributed by atoms with E-state index in [1.807, 2.05) is 0 Å². The number of amides is 1. The highest BCUT2D eigenvalue weighted by atomic mass is 16.5. The van der Waals surface area contributed by atoms with Gasteiger partial charge in [0, 0.05) is 12.5 Å². The quantitative estimate of drug-likeness (QED) is 0.679. The van der Waals surface area contributed by atoms with Gasteiger partial charge in [-0.2, -0.15) is 0 Å². The van der Waals surface area contributed by atoms with Gasteiger partial charge >= 0.3 is 0 Å². The SMILES string of the molecule is C=CCC1CCCCCC(OC(C)C)C(C2CCC3NC(=O)C[C@@H]3C2)C1. The molecule has 3 fully saturated rings. The maximum Gasteiger partial charge on any atom is 0.220 e. The second kappa shape index (κ2) is 9.39. The van der Waals surface area contributed by atoms with Crippen LogP contribution in [0.25, 0.3) is 0 Å². The van der Waals surface area contributed by atoms with E-state index in [-0.39, 0.29) is 5.91 Å². The first-order valence-electron chi connectivity index (χ1n) is 11.1. The maximum atomic E-state index is 11.8. The van der Waals surface area contributed by atoms with Crippen molar-refractivity contribution in [3.8, 4) is 0 Å². The number of carbonyl (C=O) groups is 1. The fraction of sp³-hybridized carbons (Fsp3) is 0.870. The summed E-state index contributed by atoms with van der Waals surface area (Å²) in [6.45, 7) is 8.38. The Balaban J connectivity index is 1.75. The average Bonchev–Trinajstić information content (AvgIpc) is 2.99. The van der Waals surface area contributed by atoms with Crippen LogP contribution in [-0.4, -0.2) is 24.2 Å². The second-order valence-electron chi connectivity index (χ2n) is 9.36. The highest BCUT2D eigenvalue weighted by Crippen LogP contribution is 2.44. The van der Waals surface area contributed by atoms with Crippen LogP contribution < -0.4 is 5.32 Å². The Kier molecular flexibility index (Phi) is 7.19. The molecule has 2 aliphatic carbocycles. The first-order valence-corrected chi connectivity index (χ1v) is 11.1. The van der Waals surface area contributed by atoms with E-state index in [1.54, 1.807) is 0 Å². The number of fused-ring (bicyclic) bond motifs is 1. The van der Waals surface area contributed by atoms with Crippen molar-refractivity contribution < 1.29 is 9.53 Å². The number of hydrogen-bond donors (Lipinski definition) is 1. The molecular formula is C23H39NO2. The third kappa shape index (κ3) is 5.12. The van der Waals surface area contributed by atoms with Crippen molar-refractivity contribution in [2.75, 3.05) is 0 Å². The Labute approximate surface area is 160 Å². The minimum absolute atomic E-state index is 0.273. The van der Waals surface area contributed by atoms with Crippen molar-refractivity contribution in [1.29, 1.82) is 0 Å². The van der Waals surface area contributed by atoms with Gasteiger partial charge in [0.2, 0.25) is 5.91 Å².